The zero-order chi connectivity index (χ0) is 10.7. The van der Waals surface area contributed by atoms with Gasteiger partial charge in [0.15, 0.2) is 0 Å². The van der Waals surface area contributed by atoms with Gasteiger partial charge in [0, 0.05) is 30.3 Å². The highest BCUT2D eigenvalue weighted by Gasteiger charge is 2.03. The van der Waals surface area contributed by atoms with E-state index in [9.17, 15) is 0 Å². The van der Waals surface area contributed by atoms with Gasteiger partial charge in [-0.3, -0.25) is 4.57 Å². The fourth-order valence-corrected chi connectivity index (χ4v) is 1.77. The Balaban J connectivity index is 2.37. The van der Waals surface area contributed by atoms with Gasteiger partial charge in [-0.1, -0.05) is 28.9 Å². The Morgan fingerprint density at radius 3 is 2.80 bits per heavy atom. The van der Waals surface area contributed by atoms with E-state index in [0.29, 0.717) is 0 Å². The molecule has 0 aliphatic rings. The third kappa shape index (κ3) is 2.09. The van der Waals surface area contributed by atoms with E-state index >= 15 is 0 Å². The minimum absolute atomic E-state index is 0.838. The Morgan fingerprint density at radius 1 is 1.33 bits per heavy atom. The summed E-state index contributed by atoms with van der Waals surface area (Å²) in [7, 11) is 0. The zero-order valence-electron chi connectivity index (χ0n) is 8.52. The van der Waals surface area contributed by atoms with Crippen molar-refractivity contribution in [1.29, 1.82) is 0 Å². The van der Waals surface area contributed by atoms with E-state index in [0.717, 1.165) is 23.4 Å². The van der Waals surface area contributed by atoms with Crippen LogP contribution in [0.1, 0.15) is 18.3 Å². The van der Waals surface area contributed by atoms with E-state index in [4.69, 9.17) is 0 Å². The van der Waals surface area contributed by atoms with Crippen LogP contribution in [0.4, 0.5) is 0 Å². The van der Waals surface area contributed by atoms with Gasteiger partial charge < -0.3 is 0 Å². The van der Waals surface area contributed by atoms with Crippen molar-refractivity contribution in [2.45, 2.75) is 18.7 Å². The van der Waals surface area contributed by atoms with Crippen molar-refractivity contribution in [3.8, 4) is 5.82 Å². The van der Waals surface area contributed by atoms with Gasteiger partial charge in [-0.05, 0) is 11.6 Å². The molecule has 0 aromatic carbocycles. The van der Waals surface area contributed by atoms with Crippen LogP contribution in [0.15, 0.2) is 30.7 Å². The topological polar surface area (TPSA) is 30.7 Å². The molecule has 0 saturated heterocycles. The van der Waals surface area contributed by atoms with Crippen LogP contribution in [0, 0.1) is 0 Å². The highest BCUT2D eigenvalue weighted by atomic mass is 79.9. The summed E-state index contributed by atoms with van der Waals surface area (Å²) < 4.78 is 2.01. The molecule has 3 nitrogen and oxygen atoms in total. The Morgan fingerprint density at radius 2 is 2.20 bits per heavy atom. The maximum Gasteiger partial charge on any atom is 0.137 e. The van der Waals surface area contributed by atoms with Crippen LogP contribution in [-0.4, -0.2) is 14.5 Å². The quantitative estimate of drug-likeness (QED) is 0.800. The first kappa shape index (κ1) is 10.4. The van der Waals surface area contributed by atoms with E-state index in [1.54, 1.807) is 6.20 Å². The van der Waals surface area contributed by atoms with E-state index in [1.165, 1.54) is 5.56 Å². The van der Waals surface area contributed by atoms with Crippen molar-refractivity contribution in [2.75, 3.05) is 0 Å². The molecule has 2 aromatic rings. The summed E-state index contributed by atoms with van der Waals surface area (Å²) >= 11 is 3.40. The average molecular weight is 266 g/mol. The van der Waals surface area contributed by atoms with E-state index in [2.05, 4.69) is 38.9 Å². The first-order chi connectivity index (χ1) is 7.35. The number of nitrogens with zero attached hydrogens (tertiary/aromatic N) is 3. The van der Waals surface area contributed by atoms with E-state index in [1.807, 2.05) is 23.0 Å². The largest absolute Gasteiger partial charge is 0.288 e. The Hall–Kier alpha value is -1.16. The summed E-state index contributed by atoms with van der Waals surface area (Å²) in [4.78, 5) is 8.66. The number of pyridine rings is 1. The van der Waals surface area contributed by atoms with Gasteiger partial charge in [0.05, 0.1) is 0 Å². The molecular formula is C11H12BrN3. The predicted octanol–water partition coefficient (Wildman–Crippen LogP) is 2.72. The van der Waals surface area contributed by atoms with Crippen molar-refractivity contribution in [3.05, 3.63) is 42.1 Å². The molecule has 0 radical (unpaired) electrons. The van der Waals surface area contributed by atoms with Gasteiger partial charge in [-0.25, -0.2) is 9.97 Å². The normalized spacial score (nSPS) is 10.5. The molecule has 0 aliphatic heterocycles. The fourth-order valence-electron chi connectivity index (χ4n) is 1.44. The highest BCUT2D eigenvalue weighted by molar-refractivity contribution is 9.08. The molecule has 0 unspecified atom stereocenters. The molecule has 4 heteroatoms. The second kappa shape index (κ2) is 4.57. The number of imidazole rings is 1. The third-order valence-corrected chi connectivity index (χ3v) is 2.89. The van der Waals surface area contributed by atoms with E-state index < -0.39 is 0 Å². The summed E-state index contributed by atoms with van der Waals surface area (Å²) in [6.45, 7) is 2.09. The molecule has 2 heterocycles. The van der Waals surface area contributed by atoms with Crippen LogP contribution in [0.5, 0.6) is 0 Å². The second-order valence-electron chi connectivity index (χ2n) is 3.23. The fraction of sp³-hybridized carbons (Fsp3) is 0.273. The maximum atomic E-state index is 4.39. The number of alkyl halides is 1. The summed E-state index contributed by atoms with van der Waals surface area (Å²) in [5, 5.41) is 0.838. The molecule has 0 fully saturated rings. The second-order valence-corrected chi connectivity index (χ2v) is 3.79. The molecule has 0 amide bonds. The van der Waals surface area contributed by atoms with Crippen LogP contribution in [0.3, 0.4) is 0 Å². The highest BCUT2D eigenvalue weighted by Crippen LogP contribution is 2.10. The molecule has 0 bridgehead atoms. The molecule has 0 atom stereocenters. The molecule has 0 aliphatic carbocycles. The first-order valence-electron chi connectivity index (χ1n) is 4.88. The average Bonchev–Trinajstić information content (AvgIpc) is 2.77. The summed E-state index contributed by atoms with van der Waals surface area (Å²) in [5.41, 5.74) is 1.18. The Labute approximate surface area is 97.3 Å². The lowest BCUT2D eigenvalue weighted by atomic mass is 10.3. The number of aryl methyl sites for hydroxylation is 1. The van der Waals surface area contributed by atoms with Gasteiger partial charge in [0.1, 0.15) is 11.6 Å². The molecule has 2 aromatic heterocycles. The molecule has 78 valence electrons. The van der Waals surface area contributed by atoms with Crippen molar-refractivity contribution >= 4 is 15.9 Å². The van der Waals surface area contributed by atoms with Gasteiger partial charge in [0.25, 0.3) is 0 Å². The van der Waals surface area contributed by atoms with Crippen LogP contribution in [-0.2, 0) is 11.8 Å². The SMILES string of the molecule is CCc1nccn1-c1ccc(CBr)cn1. The van der Waals surface area contributed by atoms with Crippen molar-refractivity contribution in [2.24, 2.45) is 0 Å². The van der Waals surface area contributed by atoms with Crippen LogP contribution in [0.25, 0.3) is 5.82 Å². The predicted molar refractivity (Wildman–Crippen MR) is 63.4 cm³/mol. The summed E-state index contributed by atoms with van der Waals surface area (Å²) in [6.07, 6.45) is 6.53. The van der Waals surface area contributed by atoms with Crippen LogP contribution in [0.2, 0.25) is 0 Å². The molecule has 2 rings (SSSR count). The number of rotatable bonds is 3. The maximum absolute atomic E-state index is 4.39. The zero-order valence-corrected chi connectivity index (χ0v) is 10.1. The van der Waals surface area contributed by atoms with Gasteiger partial charge in [-0.15, -0.1) is 0 Å². The molecule has 0 N–H and O–H groups in total. The first-order valence-corrected chi connectivity index (χ1v) is 6.00. The van der Waals surface area contributed by atoms with Crippen molar-refractivity contribution in [3.63, 3.8) is 0 Å². The van der Waals surface area contributed by atoms with Crippen molar-refractivity contribution in [1.82, 2.24) is 14.5 Å². The minimum Gasteiger partial charge on any atom is -0.288 e. The third-order valence-electron chi connectivity index (χ3n) is 2.24. The van der Waals surface area contributed by atoms with Crippen molar-refractivity contribution < 1.29 is 0 Å². The molecular weight excluding hydrogens is 254 g/mol. The number of hydrogen-bond acceptors (Lipinski definition) is 2. The smallest absolute Gasteiger partial charge is 0.137 e. The number of aromatic nitrogens is 3. The van der Waals surface area contributed by atoms with Gasteiger partial charge in [-0.2, -0.15) is 0 Å². The standard InChI is InChI=1S/C11H12BrN3/c1-2-10-13-5-6-15(10)11-4-3-9(7-12)8-14-11/h3-6,8H,2,7H2,1H3. The van der Waals surface area contributed by atoms with Crippen LogP contribution >= 0.6 is 15.9 Å². The summed E-state index contributed by atoms with van der Waals surface area (Å²) in [6, 6.07) is 4.08. The lowest BCUT2D eigenvalue weighted by Crippen LogP contribution is -2.01. The van der Waals surface area contributed by atoms with Crippen LogP contribution < -0.4 is 0 Å². The monoisotopic (exact) mass is 265 g/mol. The van der Waals surface area contributed by atoms with Gasteiger partial charge in [0.2, 0.25) is 0 Å². The Kier molecular flexibility index (Phi) is 3.16. The number of hydrogen-bond donors (Lipinski definition) is 0. The number of halogens is 1. The van der Waals surface area contributed by atoms with Gasteiger partial charge >= 0.3 is 0 Å². The molecule has 0 saturated carbocycles. The lowest BCUT2D eigenvalue weighted by molar-refractivity contribution is 0.866. The summed E-state index contributed by atoms with van der Waals surface area (Å²) in [5.74, 6) is 1.96. The molecule has 0 spiro atoms. The van der Waals surface area contributed by atoms with E-state index in [-0.39, 0.29) is 0 Å². The molecule has 15 heavy (non-hydrogen) atoms. The lowest BCUT2D eigenvalue weighted by Gasteiger charge is -2.05. The Bertz CT molecular complexity index is 433. The minimum atomic E-state index is 0.838.